The van der Waals surface area contributed by atoms with E-state index in [0.717, 1.165) is 0 Å². The lowest BCUT2D eigenvalue weighted by atomic mass is 10.2. The Morgan fingerprint density at radius 2 is 2.00 bits per heavy atom. The Hall–Kier alpha value is -2.32. The largest absolute Gasteiger partial charge is 0.478 e. The standard InChI is InChI=1S/C17H18ClN3O4S/c1-2-25-15-9-8-14(18)16(20-15)17(22)19-12-4-6-13(7-5-12)21-10-3-11-26(21,23)24/h4-9H,2-3,10-11H2,1H3,(H,19,22). The second-order valence-corrected chi connectivity index (χ2v) is 8.08. The molecule has 1 fully saturated rings. The van der Waals surface area contributed by atoms with Gasteiger partial charge < -0.3 is 10.1 Å². The van der Waals surface area contributed by atoms with Gasteiger partial charge in [0.05, 0.1) is 23.1 Å². The van der Waals surface area contributed by atoms with Gasteiger partial charge in [0.15, 0.2) is 5.69 Å². The molecule has 2 aromatic rings. The normalized spacial score (nSPS) is 15.7. The van der Waals surface area contributed by atoms with Gasteiger partial charge in [0.1, 0.15) is 0 Å². The summed E-state index contributed by atoms with van der Waals surface area (Å²) in [5.41, 5.74) is 1.15. The van der Waals surface area contributed by atoms with Crippen LogP contribution >= 0.6 is 11.6 Å². The Bertz CT molecular complexity index is 916. The van der Waals surface area contributed by atoms with Gasteiger partial charge in [-0.15, -0.1) is 0 Å². The lowest BCUT2D eigenvalue weighted by molar-refractivity contribution is 0.102. The zero-order valence-electron chi connectivity index (χ0n) is 14.1. The van der Waals surface area contributed by atoms with Crippen LogP contribution < -0.4 is 14.4 Å². The number of sulfonamides is 1. The molecule has 1 N–H and O–H groups in total. The molecule has 1 saturated heterocycles. The first-order valence-electron chi connectivity index (χ1n) is 8.12. The molecule has 1 amide bonds. The summed E-state index contributed by atoms with van der Waals surface area (Å²) in [7, 11) is -3.23. The van der Waals surface area contributed by atoms with Crippen molar-refractivity contribution in [3.63, 3.8) is 0 Å². The molecule has 0 atom stereocenters. The molecule has 2 heterocycles. The van der Waals surface area contributed by atoms with Gasteiger partial charge in [0, 0.05) is 18.3 Å². The maximum atomic E-state index is 12.4. The monoisotopic (exact) mass is 395 g/mol. The Labute approximate surface area is 157 Å². The molecule has 138 valence electrons. The number of aromatic nitrogens is 1. The summed E-state index contributed by atoms with van der Waals surface area (Å²) in [6.45, 7) is 2.71. The number of nitrogens with one attached hydrogen (secondary N) is 1. The number of ether oxygens (including phenoxy) is 1. The quantitative estimate of drug-likeness (QED) is 0.840. The fourth-order valence-corrected chi connectivity index (χ4v) is 4.40. The third-order valence-electron chi connectivity index (χ3n) is 3.84. The number of anilines is 2. The molecular formula is C17H18ClN3O4S. The fourth-order valence-electron chi connectivity index (χ4n) is 2.64. The van der Waals surface area contributed by atoms with Gasteiger partial charge in [-0.3, -0.25) is 9.10 Å². The first kappa shape index (κ1) is 18.5. The summed E-state index contributed by atoms with van der Waals surface area (Å²) in [5, 5.41) is 2.91. The van der Waals surface area contributed by atoms with E-state index in [9.17, 15) is 13.2 Å². The Morgan fingerprint density at radius 1 is 1.27 bits per heavy atom. The highest BCUT2D eigenvalue weighted by molar-refractivity contribution is 7.93. The maximum absolute atomic E-state index is 12.4. The van der Waals surface area contributed by atoms with Crippen LogP contribution in [0.2, 0.25) is 5.02 Å². The van der Waals surface area contributed by atoms with E-state index in [0.29, 0.717) is 36.8 Å². The van der Waals surface area contributed by atoms with Crippen molar-refractivity contribution in [3.8, 4) is 5.88 Å². The summed E-state index contributed by atoms with van der Waals surface area (Å²) in [5.74, 6) is 0.000906. The number of nitrogens with zero attached hydrogens (tertiary/aromatic N) is 2. The van der Waals surface area contributed by atoms with E-state index >= 15 is 0 Å². The maximum Gasteiger partial charge on any atom is 0.275 e. The zero-order chi connectivity index (χ0) is 18.7. The van der Waals surface area contributed by atoms with E-state index in [4.69, 9.17) is 16.3 Å². The molecule has 9 heteroatoms. The Morgan fingerprint density at radius 3 is 2.62 bits per heavy atom. The number of hydrogen-bond donors (Lipinski definition) is 1. The molecule has 1 aromatic carbocycles. The SMILES string of the molecule is CCOc1ccc(Cl)c(C(=O)Nc2ccc(N3CCCS3(=O)=O)cc2)n1. The average Bonchev–Trinajstić information content (AvgIpc) is 2.96. The van der Waals surface area contributed by atoms with Crippen molar-refractivity contribution in [1.29, 1.82) is 0 Å². The van der Waals surface area contributed by atoms with Crippen LogP contribution in [-0.4, -0.2) is 38.2 Å². The van der Waals surface area contributed by atoms with Crippen molar-refractivity contribution >= 4 is 38.9 Å². The molecule has 0 unspecified atom stereocenters. The van der Waals surface area contributed by atoms with Crippen molar-refractivity contribution in [2.24, 2.45) is 0 Å². The minimum absolute atomic E-state index is 0.0591. The zero-order valence-corrected chi connectivity index (χ0v) is 15.7. The first-order chi connectivity index (χ1) is 12.4. The van der Waals surface area contributed by atoms with Gasteiger partial charge in [-0.2, -0.15) is 0 Å². The number of carbonyl (C=O) groups is 1. The summed E-state index contributed by atoms with van der Waals surface area (Å²) in [6.07, 6.45) is 0.612. The van der Waals surface area contributed by atoms with Crippen molar-refractivity contribution in [2.45, 2.75) is 13.3 Å². The minimum atomic E-state index is -3.23. The minimum Gasteiger partial charge on any atom is -0.478 e. The van der Waals surface area contributed by atoms with Crippen LogP contribution in [-0.2, 0) is 10.0 Å². The highest BCUT2D eigenvalue weighted by atomic mass is 35.5. The number of carbonyl (C=O) groups excluding carboxylic acids is 1. The first-order valence-corrected chi connectivity index (χ1v) is 10.1. The predicted octanol–water partition coefficient (Wildman–Crippen LogP) is 2.93. The van der Waals surface area contributed by atoms with Crippen molar-refractivity contribution in [2.75, 3.05) is 28.5 Å². The molecule has 1 aliphatic heterocycles. The number of halogens is 1. The van der Waals surface area contributed by atoms with Gasteiger partial charge in [-0.05, 0) is 43.7 Å². The van der Waals surface area contributed by atoms with Crippen LogP contribution in [0.25, 0.3) is 0 Å². The smallest absolute Gasteiger partial charge is 0.275 e. The molecule has 0 saturated carbocycles. The van der Waals surface area contributed by atoms with Crippen molar-refractivity contribution in [1.82, 2.24) is 4.98 Å². The third-order valence-corrected chi connectivity index (χ3v) is 6.01. The Balaban J connectivity index is 1.75. The van der Waals surface area contributed by atoms with E-state index in [1.165, 1.54) is 4.31 Å². The van der Waals surface area contributed by atoms with Crippen molar-refractivity contribution < 1.29 is 17.9 Å². The molecule has 26 heavy (non-hydrogen) atoms. The molecule has 1 aromatic heterocycles. The summed E-state index contributed by atoms with van der Waals surface area (Å²) < 4.78 is 30.6. The highest BCUT2D eigenvalue weighted by Gasteiger charge is 2.28. The fraction of sp³-hybridized carbons (Fsp3) is 0.294. The topological polar surface area (TPSA) is 88.6 Å². The second-order valence-electron chi connectivity index (χ2n) is 5.66. The molecule has 0 radical (unpaired) electrons. The van der Waals surface area contributed by atoms with Crippen LogP contribution in [0.5, 0.6) is 5.88 Å². The van der Waals surface area contributed by atoms with E-state index in [1.54, 1.807) is 36.4 Å². The van der Waals surface area contributed by atoms with E-state index in [-0.39, 0.29) is 16.5 Å². The molecule has 7 nitrogen and oxygen atoms in total. The summed E-state index contributed by atoms with van der Waals surface area (Å²) in [4.78, 5) is 16.5. The number of rotatable bonds is 5. The van der Waals surface area contributed by atoms with Gasteiger partial charge in [0.2, 0.25) is 15.9 Å². The van der Waals surface area contributed by atoms with Gasteiger partial charge in [0.25, 0.3) is 5.91 Å². The van der Waals surface area contributed by atoms with E-state index < -0.39 is 15.9 Å². The molecule has 0 bridgehead atoms. The predicted molar refractivity (Wildman–Crippen MR) is 101 cm³/mol. The molecular weight excluding hydrogens is 378 g/mol. The Kier molecular flexibility index (Phi) is 5.33. The second kappa shape index (κ2) is 7.51. The summed E-state index contributed by atoms with van der Waals surface area (Å²) >= 11 is 6.05. The van der Waals surface area contributed by atoms with Crippen LogP contribution in [0.4, 0.5) is 11.4 Å². The number of pyridine rings is 1. The van der Waals surface area contributed by atoms with Gasteiger partial charge in [-0.1, -0.05) is 11.6 Å². The number of hydrogen-bond acceptors (Lipinski definition) is 5. The van der Waals surface area contributed by atoms with Crippen LogP contribution in [0.3, 0.4) is 0 Å². The van der Waals surface area contributed by atoms with E-state index in [1.807, 2.05) is 6.92 Å². The molecule has 3 rings (SSSR count). The van der Waals surface area contributed by atoms with Gasteiger partial charge >= 0.3 is 0 Å². The van der Waals surface area contributed by atoms with E-state index in [2.05, 4.69) is 10.3 Å². The number of benzene rings is 1. The van der Waals surface area contributed by atoms with Crippen LogP contribution in [0.15, 0.2) is 36.4 Å². The summed E-state index contributed by atoms with van der Waals surface area (Å²) in [6, 6.07) is 9.74. The van der Waals surface area contributed by atoms with Gasteiger partial charge in [-0.25, -0.2) is 13.4 Å². The average molecular weight is 396 g/mol. The lowest BCUT2D eigenvalue weighted by Crippen LogP contribution is -2.25. The molecule has 1 aliphatic rings. The van der Waals surface area contributed by atoms with Crippen LogP contribution in [0, 0.1) is 0 Å². The van der Waals surface area contributed by atoms with Crippen molar-refractivity contribution in [3.05, 3.63) is 47.1 Å². The third kappa shape index (κ3) is 3.91. The number of amides is 1. The molecule has 0 aliphatic carbocycles. The molecule has 0 spiro atoms. The highest BCUT2D eigenvalue weighted by Crippen LogP contribution is 2.26. The van der Waals surface area contributed by atoms with Crippen LogP contribution in [0.1, 0.15) is 23.8 Å². The lowest BCUT2D eigenvalue weighted by Gasteiger charge is -2.17.